The summed E-state index contributed by atoms with van der Waals surface area (Å²) in [6, 6.07) is 0.893. The van der Waals surface area contributed by atoms with E-state index in [0.29, 0.717) is 12.1 Å². The molecule has 0 saturated heterocycles. The fourth-order valence-corrected chi connectivity index (χ4v) is 1.72. The Labute approximate surface area is 98.0 Å². The molecule has 92 valence electrons. The van der Waals surface area contributed by atoms with Crippen LogP contribution in [-0.4, -0.2) is 30.0 Å². The van der Waals surface area contributed by atoms with Gasteiger partial charge in [0.25, 0.3) is 0 Å². The Morgan fingerprint density at radius 1 is 1.44 bits per heavy atom. The van der Waals surface area contributed by atoms with E-state index in [1.165, 1.54) is 5.69 Å². The molecule has 1 rings (SSSR count). The molecule has 1 aromatic heterocycles. The second kappa shape index (κ2) is 5.89. The molecule has 16 heavy (non-hydrogen) atoms. The van der Waals surface area contributed by atoms with Gasteiger partial charge in [-0.1, -0.05) is 0 Å². The molecule has 1 heterocycles. The zero-order valence-electron chi connectivity index (χ0n) is 10.9. The molecule has 1 unspecified atom stereocenters. The Hall–Kier alpha value is -1.03. The smallest absolute Gasteiger partial charge is 0.159 e. The largest absolute Gasteiger partial charge is 0.493 e. The molecule has 1 N–H and O–H groups in total. The maximum Gasteiger partial charge on any atom is 0.159 e. The van der Waals surface area contributed by atoms with Crippen LogP contribution in [0, 0.1) is 0 Å². The van der Waals surface area contributed by atoms with Crippen LogP contribution in [-0.2, 0) is 6.42 Å². The second-order valence-corrected chi connectivity index (χ2v) is 4.43. The first kappa shape index (κ1) is 13.0. The molecule has 4 heteroatoms. The molecular formula is C12H23N3O. The van der Waals surface area contributed by atoms with Crippen molar-refractivity contribution < 1.29 is 4.74 Å². The molecule has 0 fully saturated rings. The fourth-order valence-electron chi connectivity index (χ4n) is 1.72. The summed E-state index contributed by atoms with van der Waals surface area (Å²) in [5.41, 5.74) is 1.19. The van der Waals surface area contributed by atoms with Crippen molar-refractivity contribution in [3.8, 4) is 5.75 Å². The third kappa shape index (κ3) is 2.98. The standard InChI is InChI=1S/C12H23N3O/c1-9(2)15-11(7-6-10(3)13-4)12(16-5)8-14-15/h8-10,13H,6-7H2,1-5H3. The lowest BCUT2D eigenvalue weighted by Gasteiger charge is -2.14. The van der Waals surface area contributed by atoms with E-state index in [1.807, 2.05) is 11.7 Å². The summed E-state index contributed by atoms with van der Waals surface area (Å²) in [5.74, 6) is 0.900. The number of methoxy groups -OCH3 is 1. The van der Waals surface area contributed by atoms with Crippen LogP contribution in [0.2, 0.25) is 0 Å². The third-order valence-electron chi connectivity index (χ3n) is 2.88. The normalized spacial score (nSPS) is 13.1. The van der Waals surface area contributed by atoms with Crippen LogP contribution in [0.3, 0.4) is 0 Å². The maximum atomic E-state index is 5.34. The average Bonchev–Trinajstić information content (AvgIpc) is 2.68. The van der Waals surface area contributed by atoms with Crippen molar-refractivity contribution in [2.75, 3.05) is 14.2 Å². The third-order valence-corrected chi connectivity index (χ3v) is 2.88. The van der Waals surface area contributed by atoms with Crippen LogP contribution in [0.15, 0.2) is 6.20 Å². The molecule has 1 aromatic rings. The van der Waals surface area contributed by atoms with Crippen LogP contribution in [0.1, 0.15) is 38.9 Å². The van der Waals surface area contributed by atoms with Gasteiger partial charge in [-0.2, -0.15) is 5.10 Å². The first-order valence-electron chi connectivity index (χ1n) is 5.87. The molecule has 0 bridgehead atoms. The predicted octanol–water partition coefficient (Wildman–Crippen LogP) is 2.01. The average molecular weight is 225 g/mol. The molecule has 0 aliphatic carbocycles. The summed E-state index contributed by atoms with van der Waals surface area (Å²) in [4.78, 5) is 0. The topological polar surface area (TPSA) is 39.1 Å². The van der Waals surface area contributed by atoms with Gasteiger partial charge in [-0.3, -0.25) is 4.68 Å². The van der Waals surface area contributed by atoms with E-state index in [0.717, 1.165) is 18.6 Å². The van der Waals surface area contributed by atoms with E-state index in [-0.39, 0.29) is 0 Å². The molecule has 0 radical (unpaired) electrons. The monoisotopic (exact) mass is 225 g/mol. The Morgan fingerprint density at radius 3 is 2.62 bits per heavy atom. The molecule has 4 nitrogen and oxygen atoms in total. The second-order valence-electron chi connectivity index (χ2n) is 4.43. The van der Waals surface area contributed by atoms with Gasteiger partial charge in [0.15, 0.2) is 5.75 Å². The molecule has 0 saturated carbocycles. The van der Waals surface area contributed by atoms with Gasteiger partial charge in [0, 0.05) is 12.1 Å². The molecule has 0 spiro atoms. The summed E-state index contributed by atoms with van der Waals surface area (Å²) < 4.78 is 7.38. The van der Waals surface area contributed by atoms with E-state index in [4.69, 9.17) is 4.74 Å². The predicted molar refractivity (Wildman–Crippen MR) is 66.0 cm³/mol. The first-order chi connectivity index (χ1) is 7.60. The summed E-state index contributed by atoms with van der Waals surface area (Å²) in [6.07, 6.45) is 3.88. The minimum Gasteiger partial charge on any atom is -0.493 e. The van der Waals surface area contributed by atoms with Gasteiger partial charge in [-0.15, -0.1) is 0 Å². The molecule has 0 aromatic carbocycles. The Balaban J connectivity index is 2.78. The Bertz CT molecular complexity index is 320. The Morgan fingerprint density at radius 2 is 2.12 bits per heavy atom. The van der Waals surface area contributed by atoms with Crippen molar-refractivity contribution in [1.82, 2.24) is 15.1 Å². The van der Waals surface area contributed by atoms with Crippen LogP contribution >= 0.6 is 0 Å². The number of nitrogens with one attached hydrogen (secondary N) is 1. The highest BCUT2D eigenvalue weighted by molar-refractivity contribution is 5.25. The van der Waals surface area contributed by atoms with Crippen LogP contribution in [0.4, 0.5) is 0 Å². The lowest BCUT2D eigenvalue weighted by molar-refractivity contribution is 0.401. The van der Waals surface area contributed by atoms with Crippen LogP contribution in [0.25, 0.3) is 0 Å². The molecular weight excluding hydrogens is 202 g/mol. The van der Waals surface area contributed by atoms with Crippen LogP contribution < -0.4 is 10.1 Å². The molecule has 0 amide bonds. The number of ether oxygens (including phenoxy) is 1. The van der Waals surface area contributed by atoms with E-state index in [2.05, 4.69) is 31.2 Å². The minimum absolute atomic E-state index is 0.379. The summed E-state index contributed by atoms with van der Waals surface area (Å²) in [7, 11) is 3.69. The van der Waals surface area contributed by atoms with Gasteiger partial charge in [0.1, 0.15) is 0 Å². The highest BCUT2D eigenvalue weighted by atomic mass is 16.5. The quantitative estimate of drug-likeness (QED) is 0.805. The van der Waals surface area contributed by atoms with Gasteiger partial charge in [-0.25, -0.2) is 0 Å². The van der Waals surface area contributed by atoms with Gasteiger partial charge in [0.2, 0.25) is 0 Å². The highest BCUT2D eigenvalue weighted by Crippen LogP contribution is 2.22. The number of hydrogen-bond donors (Lipinski definition) is 1. The van der Waals surface area contributed by atoms with Gasteiger partial charge < -0.3 is 10.1 Å². The summed E-state index contributed by atoms with van der Waals surface area (Å²) in [5, 5.41) is 7.60. The van der Waals surface area contributed by atoms with Crippen LogP contribution in [0.5, 0.6) is 5.75 Å². The van der Waals surface area contributed by atoms with Crippen molar-refractivity contribution in [3.63, 3.8) is 0 Å². The summed E-state index contributed by atoms with van der Waals surface area (Å²) >= 11 is 0. The first-order valence-corrected chi connectivity index (χ1v) is 5.87. The SMILES string of the molecule is CNC(C)CCc1c(OC)cnn1C(C)C. The van der Waals surface area contributed by atoms with Gasteiger partial charge in [-0.05, 0) is 40.7 Å². The number of hydrogen-bond acceptors (Lipinski definition) is 3. The van der Waals surface area contributed by atoms with E-state index < -0.39 is 0 Å². The zero-order valence-corrected chi connectivity index (χ0v) is 10.9. The fraction of sp³-hybridized carbons (Fsp3) is 0.750. The maximum absolute atomic E-state index is 5.34. The lowest BCUT2D eigenvalue weighted by atomic mass is 10.1. The minimum atomic E-state index is 0.379. The van der Waals surface area contributed by atoms with E-state index in [9.17, 15) is 0 Å². The Kier molecular flexibility index (Phi) is 4.80. The van der Waals surface area contributed by atoms with Gasteiger partial charge in [0.05, 0.1) is 19.0 Å². The number of rotatable bonds is 6. The van der Waals surface area contributed by atoms with Crippen molar-refractivity contribution in [2.45, 2.75) is 45.7 Å². The van der Waals surface area contributed by atoms with Crippen molar-refractivity contribution >= 4 is 0 Å². The van der Waals surface area contributed by atoms with Crippen molar-refractivity contribution in [2.24, 2.45) is 0 Å². The summed E-state index contributed by atoms with van der Waals surface area (Å²) in [6.45, 7) is 6.46. The van der Waals surface area contributed by atoms with Crippen molar-refractivity contribution in [3.05, 3.63) is 11.9 Å². The van der Waals surface area contributed by atoms with Crippen molar-refractivity contribution in [1.29, 1.82) is 0 Å². The number of aromatic nitrogens is 2. The number of nitrogens with zero attached hydrogens (tertiary/aromatic N) is 2. The molecule has 1 atom stereocenters. The highest BCUT2D eigenvalue weighted by Gasteiger charge is 2.14. The van der Waals surface area contributed by atoms with E-state index >= 15 is 0 Å². The van der Waals surface area contributed by atoms with Gasteiger partial charge >= 0.3 is 0 Å². The molecule has 0 aliphatic heterocycles. The van der Waals surface area contributed by atoms with E-state index in [1.54, 1.807) is 13.3 Å². The zero-order chi connectivity index (χ0) is 12.1. The molecule has 0 aliphatic rings. The lowest BCUT2D eigenvalue weighted by Crippen LogP contribution is -2.22.